The number of aryl methyl sites for hydroxylation is 1. The molecule has 0 aromatic heterocycles. The van der Waals surface area contributed by atoms with Crippen LogP contribution in [0.4, 0.5) is 5.69 Å². The molecule has 3 aromatic rings. The van der Waals surface area contributed by atoms with Gasteiger partial charge in [-0.05, 0) is 141 Å². The van der Waals surface area contributed by atoms with E-state index in [-0.39, 0.29) is 17.1 Å². The third-order valence-corrected chi connectivity index (χ3v) is 12.4. The lowest BCUT2D eigenvalue weighted by atomic mass is 9.50. The summed E-state index contributed by atoms with van der Waals surface area (Å²) in [6.07, 6.45) is 6.71. The highest BCUT2D eigenvalue weighted by molar-refractivity contribution is 7.90. The first-order chi connectivity index (χ1) is 22.6. The summed E-state index contributed by atoms with van der Waals surface area (Å²) in [5, 5.41) is 0. The molecule has 9 heteroatoms. The number of ether oxygens (including phenoxy) is 1. The monoisotopic (exact) mass is 655 g/mol. The van der Waals surface area contributed by atoms with E-state index in [1.54, 1.807) is 12.1 Å². The first kappa shape index (κ1) is 31.7. The third-order valence-electron chi connectivity index (χ3n) is 10.9. The third kappa shape index (κ3) is 6.77. The second kappa shape index (κ2) is 12.6. The Morgan fingerprint density at radius 2 is 1.49 bits per heavy atom. The number of hydrogen-bond donors (Lipinski definition) is 1. The van der Waals surface area contributed by atoms with Crippen molar-refractivity contribution in [2.75, 3.05) is 43.4 Å². The first-order valence-corrected chi connectivity index (χ1v) is 18.8. The fourth-order valence-corrected chi connectivity index (χ4v) is 11.0. The zero-order valence-electron chi connectivity index (χ0n) is 27.4. The molecule has 4 bridgehead atoms. The molecule has 248 valence electrons. The van der Waals surface area contributed by atoms with E-state index in [0.717, 1.165) is 47.4 Å². The van der Waals surface area contributed by atoms with E-state index in [1.807, 2.05) is 67.3 Å². The molecule has 47 heavy (non-hydrogen) atoms. The van der Waals surface area contributed by atoms with Crippen molar-refractivity contribution in [3.8, 4) is 16.9 Å². The number of carbonyl (C=O) groups excluding carboxylic acids is 2. The van der Waals surface area contributed by atoms with Gasteiger partial charge in [-0.1, -0.05) is 18.2 Å². The minimum absolute atomic E-state index is 0.0177. The number of hydrogen-bond acceptors (Lipinski definition) is 6. The van der Waals surface area contributed by atoms with E-state index in [1.165, 1.54) is 19.3 Å². The molecule has 8 nitrogen and oxygen atoms in total. The normalized spacial score (nSPS) is 25.1. The van der Waals surface area contributed by atoms with Gasteiger partial charge in [0.05, 0.1) is 12.4 Å². The smallest absolute Gasteiger partial charge is 0.264 e. The number of carbonyl (C=O) groups is 2. The Hall–Kier alpha value is -3.85. The van der Waals surface area contributed by atoms with Crippen LogP contribution in [-0.2, 0) is 10.0 Å². The Morgan fingerprint density at radius 1 is 0.851 bits per heavy atom. The predicted molar refractivity (Wildman–Crippen MR) is 184 cm³/mol. The van der Waals surface area contributed by atoms with E-state index in [0.29, 0.717) is 61.7 Å². The molecule has 4 saturated carbocycles. The van der Waals surface area contributed by atoms with Crippen molar-refractivity contribution >= 4 is 27.5 Å². The predicted octanol–water partition coefficient (Wildman–Crippen LogP) is 6.30. The lowest BCUT2D eigenvalue weighted by Crippen LogP contribution is -2.51. The number of rotatable bonds is 9. The Labute approximate surface area is 278 Å². The lowest BCUT2D eigenvalue weighted by Gasteiger charge is -2.56. The van der Waals surface area contributed by atoms with Crippen molar-refractivity contribution in [1.29, 1.82) is 0 Å². The molecule has 0 atom stereocenters. The molecule has 1 heterocycles. The fraction of sp³-hybridized carbons (Fsp3) is 0.474. The van der Waals surface area contributed by atoms with Crippen molar-refractivity contribution in [3.63, 3.8) is 0 Å². The summed E-state index contributed by atoms with van der Waals surface area (Å²) in [5.74, 6) is 2.31. The summed E-state index contributed by atoms with van der Waals surface area (Å²) < 4.78 is 34.3. The first-order valence-electron chi connectivity index (χ1n) is 17.1. The van der Waals surface area contributed by atoms with Crippen LogP contribution in [0, 0.1) is 30.1 Å². The molecular weight excluding hydrogens is 611 g/mol. The molecule has 0 radical (unpaired) electrons. The van der Waals surface area contributed by atoms with E-state index in [9.17, 15) is 18.0 Å². The molecule has 1 N–H and O–H groups in total. The van der Waals surface area contributed by atoms with Crippen LogP contribution >= 0.6 is 0 Å². The maximum absolute atomic E-state index is 13.4. The van der Waals surface area contributed by atoms with Gasteiger partial charge in [0.15, 0.2) is 0 Å². The van der Waals surface area contributed by atoms with Gasteiger partial charge in [0.1, 0.15) is 5.75 Å². The van der Waals surface area contributed by atoms with Gasteiger partial charge < -0.3 is 14.5 Å². The zero-order chi connectivity index (χ0) is 32.8. The fourth-order valence-electron chi connectivity index (χ4n) is 9.32. The molecule has 3 aromatic carbocycles. The summed E-state index contributed by atoms with van der Waals surface area (Å²) in [4.78, 5) is 30.5. The molecule has 1 saturated heterocycles. The number of sulfonamides is 1. The van der Waals surface area contributed by atoms with E-state index >= 15 is 0 Å². The second-order valence-corrected chi connectivity index (χ2v) is 16.1. The molecule has 1 aliphatic heterocycles. The van der Waals surface area contributed by atoms with Gasteiger partial charge in [-0.3, -0.25) is 9.59 Å². The second-order valence-electron chi connectivity index (χ2n) is 14.4. The zero-order valence-corrected chi connectivity index (χ0v) is 28.2. The maximum Gasteiger partial charge on any atom is 0.264 e. The van der Waals surface area contributed by atoms with Crippen molar-refractivity contribution in [2.24, 2.45) is 23.2 Å². The molecule has 4 aliphatic carbocycles. The van der Waals surface area contributed by atoms with Gasteiger partial charge in [-0.25, -0.2) is 13.1 Å². The lowest BCUT2D eigenvalue weighted by molar-refractivity contribution is -0.0391. The minimum Gasteiger partial charge on any atom is -0.494 e. The van der Waals surface area contributed by atoms with E-state index in [4.69, 9.17) is 4.74 Å². The van der Waals surface area contributed by atoms with Gasteiger partial charge in [0.2, 0.25) is 10.0 Å². The number of benzene rings is 3. The number of nitrogens with one attached hydrogen (secondary N) is 1. The average molecular weight is 656 g/mol. The van der Waals surface area contributed by atoms with Gasteiger partial charge >= 0.3 is 0 Å². The number of anilines is 1. The summed E-state index contributed by atoms with van der Waals surface area (Å²) in [7, 11) is -3.74. The van der Waals surface area contributed by atoms with Gasteiger partial charge in [-0.15, -0.1) is 0 Å². The molecule has 2 amide bonds. The Morgan fingerprint density at radius 3 is 2.11 bits per heavy atom. The van der Waals surface area contributed by atoms with Gasteiger partial charge in [0.25, 0.3) is 11.8 Å². The average Bonchev–Trinajstić information content (AvgIpc) is 3.03. The van der Waals surface area contributed by atoms with Gasteiger partial charge in [-0.2, -0.15) is 0 Å². The van der Waals surface area contributed by atoms with Crippen LogP contribution in [-0.4, -0.2) is 63.7 Å². The molecular formula is C38H45N3O5S. The summed E-state index contributed by atoms with van der Waals surface area (Å²) in [5.41, 5.74) is 4.96. The summed E-state index contributed by atoms with van der Waals surface area (Å²) >= 11 is 0. The highest BCUT2D eigenvalue weighted by Crippen LogP contribution is 2.60. The van der Waals surface area contributed by atoms with Crippen molar-refractivity contribution in [2.45, 2.75) is 52.4 Å². The Kier molecular flexibility index (Phi) is 8.53. The van der Waals surface area contributed by atoms with Crippen LogP contribution in [0.2, 0.25) is 0 Å². The maximum atomic E-state index is 13.4. The largest absolute Gasteiger partial charge is 0.494 e. The number of amides is 2. The number of piperazine rings is 1. The summed E-state index contributed by atoms with van der Waals surface area (Å²) in [6, 6.07) is 21.0. The molecule has 5 fully saturated rings. The number of nitrogens with zero attached hydrogens (tertiary/aromatic N) is 2. The van der Waals surface area contributed by atoms with E-state index < -0.39 is 15.9 Å². The van der Waals surface area contributed by atoms with Crippen molar-refractivity contribution < 1.29 is 22.7 Å². The van der Waals surface area contributed by atoms with Crippen LogP contribution in [0.3, 0.4) is 0 Å². The van der Waals surface area contributed by atoms with Crippen LogP contribution in [0.1, 0.15) is 71.7 Å². The standard InChI is InChI=1S/C38H45N3O5S/c1-3-46-34-6-4-5-31(21-34)35-12-9-32(17-26(35)2)37(43)41-15-13-40(14-16-41)33-10-7-30(8-11-33)36(42)39-47(44,45)25-38-22-27-18-28(23-38)20-29(19-27)24-38/h4-12,17,21,27-29H,3,13-16,18-20,22-25H2,1-2H3,(H,39,42). The topological polar surface area (TPSA) is 96.0 Å². The van der Waals surface area contributed by atoms with Crippen LogP contribution in [0.15, 0.2) is 66.7 Å². The van der Waals surface area contributed by atoms with Gasteiger partial charge in [0, 0.05) is 43.0 Å². The Balaban J connectivity index is 0.929. The molecule has 8 rings (SSSR count). The van der Waals surface area contributed by atoms with Crippen LogP contribution < -0.4 is 14.4 Å². The quantitative estimate of drug-likeness (QED) is 0.291. The van der Waals surface area contributed by atoms with E-state index in [2.05, 4.69) is 15.7 Å². The highest BCUT2D eigenvalue weighted by Gasteiger charge is 2.52. The highest BCUT2D eigenvalue weighted by atomic mass is 32.2. The SMILES string of the molecule is CCOc1cccc(-c2ccc(C(=O)N3CCN(c4ccc(C(=O)NS(=O)(=O)CC56CC7CC(CC(C7)C5)C6)cc4)CC3)cc2C)c1. The van der Waals surface area contributed by atoms with Crippen LogP contribution in [0.5, 0.6) is 5.75 Å². The summed E-state index contributed by atoms with van der Waals surface area (Å²) in [6.45, 7) is 7.10. The minimum atomic E-state index is -3.74. The Bertz CT molecular complexity index is 1730. The molecule has 0 spiro atoms. The van der Waals surface area contributed by atoms with Crippen molar-refractivity contribution in [1.82, 2.24) is 9.62 Å². The van der Waals surface area contributed by atoms with Crippen LogP contribution in [0.25, 0.3) is 11.1 Å². The molecule has 5 aliphatic rings. The molecule has 0 unspecified atom stereocenters. The van der Waals surface area contributed by atoms with Crippen molar-refractivity contribution in [3.05, 3.63) is 83.4 Å².